The molecule has 5 rings (SSSR count). The third-order valence-electron chi connectivity index (χ3n) is 5.98. The van der Waals surface area contributed by atoms with Crippen molar-refractivity contribution in [3.05, 3.63) is 83.4 Å². The van der Waals surface area contributed by atoms with Crippen LogP contribution in [-0.4, -0.2) is 31.0 Å². The molecule has 0 fully saturated rings. The van der Waals surface area contributed by atoms with E-state index < -0.39 is 0 Å². The van der Waals surface area contributed by atoms with Crippen molar-refractivity contribution in [3.63, 3.8) is 0 Å². The van der Waals surface area contributed by atoms with Crippen LogP contribution in [0, 0.1) is 0 Å². The molecule has 3 aromatic rings. The average Bonchev–Trinajstić information content (AvgIpc) is 3.30. The van der Waals surface area contributed by atoms with Crippen LogP contribution in [-0.2, 0) is 0 Å². The second-order valence-corrected chi connectivity index (χ2v) is 7.95. The Labute approximate surface area is 194 Å². The van der Waals surface area contributed by atoms with Crippen LogP contribution in [0.5, 0.6) is 23.0 Å². The Kier molecular flexibility index (Phi) is 5.82. The molecule has 0 bridgehead atoms. The summed E-state index contributed by atoms with van der Waals surface area (Å²) in [5.74, 6) is 3.22. The first-order chi connectivity index (χ1) is 16.2. The number of ether oxygens (including phenoxy) is 4. The zero-order chi connectivity index (χ0) is 22.8. The second-order valence-electron chi connectivity index (χ2n) is 7.95. The van der Waals surface area contributed by atoms with Crippen LogP contribution in [0.15, 0.2) is 71.8 Å². The van der Waals surface area contributed by atoms with E-state index in [1.165, 1.54) is 0 Å². The number of hydrogen-bond donors (Lipinski definition) is 0. The van der Waals surface area contributed by atoms with E-state index in [1.807, 2.05) is 62.4 Å². The molecular formula is C27H28N2O4. The Hall–Kier alpha value is -3.67. The van der Waals surface area contributed by atoms with Crippen molar-refractivity contribution in [2.75, 3.05) is 20.3 Å². The van der Waals surface area contributed by atoms with E-state index in [0.29, 0.717) is 13.2 Å². The highest BCUT2D eigenvalue weighted by Gasteiger charge is 2.42. The Balaban J connectivity index is 1.53. The van der Waals surface area contributed by atoms with Gasteiger partial charge in [-0.1, -0.05) is 12.1 Å². The number of benzene rings is 3. The van der Waals surface area contributed by atoms with Crippen LogP contribution in [0.25, 0.3) is 0 Å². The summed E-state index contributed by atoms with van der Waals surface area (Å²) in [6.07, 6.45) is 0.417. The Morgan fingerprint density at radius 3 is 2.21 bits per heavy atom. The molecule has 0 unspecified atom stereocenters. The summed E-state index contributed by atoms with van der Waals surface area (Å²) in [5.41, 5.74) is 4.21. The van der Waals surface area contributed by atoms with E-state index in [2.05, 4.69) is 23.2 Å². The molecule has 6 heteroatoms. The third kappa shape index (κ3) is 3.97. The highest BCUT2D eigenvalue weighted by molar-refractivity contribution is 6.02. The average molecular weight is 445 g/mol. The summed E-state index contributed by atoms with van der Waals surface area (Å²) in [5, 5.41) is 7.11. The minimum absolute atomic E-state index is 0.0574. The fourth-order valence-electron chi connectivity index (χ4n) is 4.44. The molecule has 33 heavy (non-hydrogen) atoms. The van der Waals surface area contributed by atoms with Gasteiger partial charge in [0.2, 0.25) is 6.23 Å². The lowest BCUT2D eigenvalue weighted by molar-refractivity contribution is -0.0209. The van der Waals surface area contributed by atoms with Crippen molar-refractivity contribution >= 4 is 5.71 Å². The molecule has 2 heterocycles. The highest BCUT2D eigenvalue weighted by atomic mass is 16.5. The van der Waals surface area contributed by atoms with E-state index in [1.54, 1.807) is 7.11 Å². The molecule has 0 radical (unpaired) electrons. The molecule has 2 atom stereocenters. The van der Waals surface area contributed by atoms with Crippen LogP contribution in [0.1, 0.15) is 49.2 Å². The number of rotatable bonds is 7. The standard InChI is InChI=1S/C27H28N2O4/c1-4-31-20-13-9-18(10-14-20)23-17-24-22-7-6-8-25(30-3)26(22)33-27(29(24)28-23)19-11-15-21(16-12-19)32-5-2/h6-16,24,27H,4-5,17H2,1-3H3/t24-,27+/m1/s1. The van der Waals surface area contributed by atoms with Gasteiger partial charge in [-0.25, -0.2) is 5.01 Å². The van der Waals surface area contributed by atoms with Gasteiger partial charge < -0.3 is 18.9 Å². The number of methoxy groups -OCH3 is 1. The number of fused-ring (bicyclic) bond motifs is 3. The minimum atomic E-state index is -0.366. The van der Waals surface area contributed by atoms with Crippen LogP contribution >= 0.6 is 0 Å². The monoisotopic (exact) mass is 444 g/mol. The zero-order valence-electron chi connectivity index (χ0n) is 19.2. The van der Waals surface area contributed by atoms with Crippen molar-refractivity contribution in [3.8, 4) is 23.0 Å². The Morgan fingerprint density at radius 1 is 0.909 bits per heavy atom. The van der Waals surface area contributed by atoms with Crippen LogP contribution in [0.3, 0.4) is 0 Å². The molecule has 0 aromatic heterocycles. The van der Waals surface area contributed by atoms with E-state index >= 15 is 0 Å². The predicted molar refractivity (Wildman–Crippen MR) is 127 cm³/mol. The van der Waals surface area contributed by atoms with Gasteiger partial charge in [-0.2, -0.15) is 5.10 Å². The first-order valence-corrected chi connectivity index (χ1v) is 11.4. The zero-order valence-corrected chi connectivity index (χ0v) is 19.2. The van der Waals surface area contributed by atoms with Gasteiger partial charge >= 0.3 is 0 Å². The fourth-order valence-corrected chi connectivity index (χ4v) is 4.44. The number of para-hydroxylation sites is 1. The van der Waals surface area contributed by atoms with Gasteiger partial charge in [-0.05, 0) is 74.0 Å². The second kappa shape index (κ2) is 9.06. The van der Waals surface area contributed by atoms with E-state index in [4.69, 9.17) is 24.0 Å². The van der Waals surface area contributed by atoms with Gasteiger partial charge in [0.1, 0.15) is 11.5 Å². The van der Waals surface area contributed by atoms with Gasteiger partial charge in [0.25, 0.3) is 0 Å². The number of nitrogens with zero attached hydrogens (tertiary/aromatic N) is 2. The van der Waals surface area contributed by atoms with Crippen LogP contribution < -0.4 is 18.9 Å². The van der Waals surface area contributed by atoms with Crippen molar-refractivity contribution in [2.24, 2.45) is 5.10 Å². The van der Waals surface area contributed by atoms with Gasteiger partial charge in [0, 0.05) is 17.5 Å². The first-order valence-electron chi connectivity index (χ1n) is 11.4. The smallest absolute Gasteiger partial charge is 0.214 e. The SMILES string of the molecule is CCOc1ccc(C2=NN3[C@H](C2)c2cccc(OC)c2O[C@H]3c2ccc(OCC)cc2)cc1. The summed E-state index contributed by atoms with van der Waals surface area (Å²) in [6, 6.07) is 22.3. The molecule has 0 saturated carbocycles. The van der Waals surface area contributed by atoms with Crippen molar-refractivity contribution < 1.29 is 18.9 Å². The molecule has 3 aromatic carbocycles. The van der Waals surface area contributed by atoms with E-state index in [9.17, 15) is 0 Å². The maximum Gasteiger partial charge on any atom is 0.214 e. The third-order valence-corrected chi connectivity index (χ3v) is 5.98. The maximum atomic E-state index is 6.52. The van der Waals surface area contributed by atoms with E-state index in [-0.39, 0.29) is 12.3 Å². The molecule has 2 aliphatic heterocycles. The van der Waals surface area contributed by atoms with Crippen molar-refractivity contribution in [1.29, 1.82) is 0 Å². The normalized spacial score (nSPS) is 18.6. The van der Waals surface area contributed by atoms with Crippen LogP contribution in [0.4, 0.5) is 0 Å². The molecule has 0 saturated heterocycles. The lowest BCUT2D eigenvalue weighted by atomic mass is 9.95. The van der Waals surface area contributed by atoms with Crippen LogP contribution in [0.2, 0.25) is 0 Å². The molecule has 0 spiro atoms. The summed E-state index contributed by atoms with van der Waals surface area (Å²) in [4.78, 5) is 0. The summed E-state index contributed by atoms with van der Waals surface area (Å²) in [7, 11) is 1.67. The van der Waals surface area contributed by atoms with Gasteiger partial charge in [0.05, 0.1) is 32.1 Å². The molecule has 0 N–H and O–H groups in total. The highest BCUT2D eigenvalue weighted by Crippen LogP contribution is 2.50. The molecule has 170 valence electrons. The summed E-state index contributed by atoms with van der Waals surface area (Å²) < 4.78 is 23.4. The number of hydrazone groups is 1. The van der Waals surface area contributed by atoms with Gasteiger partial charge in [0.15, 0.2) is 11.5 Å². The molecular weight excluding hydrogens is 416 g/mol. The summed E-state index contributed by atoms with van der Waals surface area (Å²) >= 11 is 0. The molecule has 6 nitrogen and oxygen atoms in total. The van der Waals surface area contributed by atoms with Gasteiger partial charge in [-0.3, -0.25) is 0 Å². The molecule has 0 amide bonds. The van der Waals surface area contributed by atoms with Crippen molar-refractivity contribution in [2.45, 2.75) is 32.5 Å². The largest absolute Gasteiger partial charge is 0.494 e. The fraction of sp³-hybridized carbons (Fsp3) is 0.296. The molecule has 0 aliphatic carbocycles. The lowest BCUT2D eigenvalue weighted by Gasteiger charge is -2.38. The summed E-state index contributed by atoms with van der Waals surface area (Å²) in [6.45, 7) is 5.25. The molecule has 2 aliphatic rings. The topological polar surface area (TPSA) is 52.5 Å². The van der Waals surface area contributed by atoms with Gasteiger partial charge in [-0.15, -0.1) is 0 Å². The first kappa shape index (κ1) is 21.2. The Bertz CT molecular complexity index is 1140. The lowest BCUT2D eigenvalue weighted by Crippen LogP contribution is -2.33. The maximum absolute atomic E-state index is 6.52. The van der Waals surface area contributed by atoms with E-state index in [0.717, 1.165) is 51.8 Å². The van der Waals surface area contributed by atoms with Crippen molar-refractivity contribution in [1.82, 2.24) is 5.01 Å². The minimum Gasteiger partial charge on any atom is -0.494 e. The Morgan fingerprint density at radius 2 is 1.58 bits per heavy atom. The number of hydrogen-bond acceptors (Lipinski definition) is 6. The predicted octanol–water partition coefficient (Wildman–Crippen LogP) is 5.73. The quantitative estimate of drug-likeness (QED) is 0.465.